The lowest BCUT2D eigenvalue weighted by Crippen LogP contribution is -2.69. The van der Waals surface area contributed by atoms with Crippen LogP contribution in [0.3, 0.4) is 0 Å². The van der Waals surface area contributed by atoms with Gasteiger partial charge in [0.1, 0.15) is 42.2 Å². The van der Waals surface area contributed by atoms with Crippen LogP contribution in [0.2, 0.25) is 0 Å². The summed E-state index contributed by atoms with van der Waals surface area (Å²) in [5.41, 5.74) is -2.65. The summed E-state index contributed by atoms with van der Waals surface area (Å²) in [6, 6.07) is 13.8. The number of fused-ring (bicyclic) bond motifs is 5. The summed E-state index contributed by atoms with van der Waals surface area (Å²) in [6.07, 6.45) is 2.97. The Labute approximate surface area is 261 Å². The third-order valence-electron chi connectivity index (χ3n) is 10.1. The predicted octanol–water partition coefficient (Wildman–Crippen LogP) is 4.08. The number of aromatic hydroxyl groups is 1. The highest BCUT2D eigenvalue weighted by Crippen LogP contribution is 2.60. The van der Waals surface area contributed by atoms with Gasteiger partial charge in [-0.15, -0.1) is 0 Å². The largest absolute Gasteiger partial charge is 0.507 e. The molecule has 1 saturated heterocycles. The molecule has 7 atom stereocenters. The molecule has 10 heteroatoms. The first-order valence-electron chi connectivity index (χ1n) is 15.1. The molecule has 0 bridgehead atoms. The van der Waals surface area contributed by atoms with Gasteiger partial charge in [0.15, 0.2) is 17.2 Å². The molecule has 1 saturated carbocycles. The molecule has 0 unspecified atom stereocenters. The molecule has 0 spiro atoms. The van der Waals surface area contributed by atoms with E-state index in [0.29, 0.717) is 16.9 Å². The fourth-order valence-electron chi connectivity index (χ4n) is 7.91. The van der Waals surface area contributed by atoms with E-state index in [-0.39, 0.29) is 55.9 Å². The Bertz CT molecular complexity index is 1580. The van der Waals surface area contributed by atoms with E-state index in [9.17, 15) is 24.6 Å². The van der Waals surface area contributed by atoms with E-state index in [0.717, 1.165) is 5.56 Å². The van der Waals surface area contributed by atoms with Gasteiger partial charge in [-0.1, -0.05) is 49.4 Å². The molecule has 1 heterocycles. The molecule has 2 aromatic carbocycles. The summed E-state index contributed by atoms with van der Waals surface area (Å²) in [5.74, 6) is -3.20. The number of carbonyl (C=O) groups is 3. The van der Waals surface area contributed by atoms with E-state index in [1.807, 2.05) is 43.3 Å². The Morgan fingerprint density at radius 3 is 2.53 bits per heavy atom. The summed E-state index contributed by atoms with van der Waals surface area (Å²) in [4.78, 5) is 40.1. The molecule has 6 rings (SSSR count). The number of methoxy groups -OCH3 is 1. The van der Waals surface area contributed by atoms with Crippen molar-refractivity contribution >= 4 is 17.5 Å². The van der Waals surface area contributed by atoms with Crippen molar-refractivity contribution in [2.45, 2.75) is 63.1 Å². The van der Waals surface area contributed by atoms with Crippen LogP contribution >= 0.6 is 0 Å². The van der Waals surface area contributed by atoms with E-state index < -0.39 is 46.5 Å². The SMILES string of the molecule is COc1ccc(C(=O)OCC2=C[C@@H]3[C@H]4OCO[C@@]4(C(C)=O)C[C@@H](C)[C@]3(OCc3ccccc3)[C@@H]3C=C(C)C(=O)[C@@]3(O)C2)c(O)c1. The van der Waals surface area contributed by atoms with Gasteiger partial charge in [-0.25, -0.2) is 4.79 Å². The lowest BCUT2D eigenvalue weighted by atomic mass is 9.55. The molecular formula is C35H38O10. The number of benzene rings is 2. The monoisotopic (exact) mass is 618 g/mol. The van der Waals surface area contributed by atoms with Gasteiger partial charge in [-0.3, -0.25) is 9.59 Å². The Morgan fingerprint density at radius 1 is 1.09 bits per heavy atom. The van der Waals surface area contributed by atoms with Crippen LogP contribution in [0.15, 0.2) is 71.8 Å². The number of ether oxygens (including phenoxy) is 5. The Hall–Kier alpha value is -3.83. The van der Waals surface area contributed by atoms with Gasteiger partial charge in [-0.05, 0) is 55.0 Å². The maximum Gasteiger partial charge on any atom is 0.342 e. The van der Waals surface area contributed by atoms with Crippen LogP contribution < -0.4 is 4.74 Å². The Morgan fingerprint density at radius 2 is 1.84 bits per heavy atom. The van der Waals surface area contributed by atoms with Crippen LogP contribution in [0.5, 0.6) is 11.5 Å². The zero-order valence-corrected chi connectivity index (χ0v) is 25.8. The van der Waals surface area contributed by atoms with Crippen molar-refractivity contribution in [3.63, 3.8) is 0 Å². The van der Waals surface area contributed by atoms with Crippen molar-refractivity contribution in [1.82, 2.24) is 0 Å². The minimum atomic E-state index is -1.90. The second kappa shape index (κ2) is 11.5. The highest BCUT2D eigenvalue weighted by Gasteiger charge is 2.71. The number of carbonyl (C=O) groups excluding carboxylic acids is 3. The minimum absolute atomic E-state index is 0.0639. The van der Waals surface area contributed by atoms with Gasteiger partial charge >= 0.3 is 5.97 Å². The first-order chi connectivity index (χ1) is 21.5. The van der Waals surface area contributed by atoms with Crippen molar-refractivity contribution < 1.29 is 48.3 Å². The van der Waals surface area contributed by atoms with Crippen molar-refractivity contribution in [2.75, 3.05) is 20.5 Å². The van der Waals surface area contributed by atoms with Crippen molar-refractivity contribution in [3.8, 4) is 11.5 Å². The predicted molar refractivity (Wildman–Crippen MR) is 160 cm³/mol. The normalized spacial score (nSPS) is 33.7. The quantitative estimate of drug-likeness (QED) is 0.329. The average Bonchev–Trinajstić information content (AvgIpc) is 3.52. The number of hydrogen-bond donors (Lipinski definition) is 2. The molecule has 45 heavy (non-hydrogen) atoms. The first-order valence-corrected chi connectivity index (χ1v) is 15.1. The lowest BCUT2D eigenvalue weighted by Gasteiger charge is -2.57. The van der Waals surface area contributed by atoms with Crippen LogP contribution in [-0.4, -0.2) is 71.2 Å². The van der Waals surface area contributed by atoms with Gasteiger partial charge in [0, 0.05) is 24.3 Å². The molecule has 0 radical (unpaired) electrons. The summed E-state index contributed by atoms with van der Waals surface area (Å²) in [6.45, 7) is 4.92. The van der Waals surface area contributed by atoms with Gasteiger partial charge in [-0.2, -0.15) is 0 Å². The van der Waals surface area contributed by atoms with Crippen molar-refractivity contribution in [1.29, 1.82) is 0 Å². The van der Waals surface area contributed by atoms with E-state index in [4.69, 9.17) is 23.7 Å². The maximum absolute atomic E-state index is 13.8. The smallest absolute Gasteiger partial charge is 0.342 e. The van der Waals surface area contributed by atoms with Crippen molar-refractivity contribution in [2.24, 2.45) is 17.8 Å². The topological polar surface area (TPSA) is 138 Å². The fourth-order valence-corrected chi connectivity index (χ4v) is 7.91. The molecule has 4 aliphatic rings. The number of phenolic OH excluding ortho intramolecular Hbond substituents is 1. The van der Waals surface area contributed by atoms with E-state index in [2.05, 4.69) is 0 Å². The number of rotatable bonds is 8. The molecule has 2 fully saturated rings. The lowest BCUT2D eigenvalue weighted by molar-refractivity contribution is -0.230. The molecule has 10 nitrogen and oxygen atoms in total. The molecule has 2 N–H and O–H groups in total. The number of Topliss-reactive ketones (excluding diaryl/α,β-unsaturated/α-hetero) is 2. The molecule has 238 valence electrons. The second-order valence-corrected chi connectivity index (χ2v) is 12.6. The third-order valence-corrected chi connectivity index (χ3v) is 10.1. The fraction of sp³-hybridized carbons (Fsp3) is 0.457. The summed E-state index contributed by atoms with van der Waals surface area (Å²) < 4.78 is 29.9. The van der Waals surface area contributed by atoms with Crippen molar-refractivity contribution in [3.05, 3.63) is 83.0 Å². The maximum atomic E-state index is 13.8. The first kappa shape index (κ1) is 31.2. The summed E-state index contributed by atoms with van der Waals surface area (Å²) in [7, 11) is 1.44. The number of ketones is 2. The van der Waals surface area contributed by atoms with Crippen LogP contribution in [-0.2, 0) is 35.1 Å². The Kier molecular flexibility index (Phi) is 7.97. The van der Waals surface area contributed by atoms with Crippen LogP contribution in [0.25, 0.3) is 0 Å². The van der Waals surface area contributed by atoms with Gasteiger partial charge in [0.2, 0.25) is 0 Å². The molecule has 1 aliphatic heterocycles. The number of aliphatic hydroxyl groups is 1. The summed E-state index contributed by atoms with van der Waals surface area (Å²) in [5, 5.41) is 22.8. The average molecular weight is 619 g/mol. The molecular weight excluding hydrogens is 580 g/mol. The van der Waals surface area contributed by atoms with Gasteiger partial charge in [0.05, 0.1) is 19.3 Å². The van der Waals surface area contributed by atoms with E-state index >= 15 is 0 Å². The number of esters is 1. The second-order valence-electron chi connectivity index (χ2n) is 12.6. The molecule has 3 aliphatic carbocycles. The molecule has 0 aromatic heterocycles. The van der Waals surface area contributed by atoms with Crippen LogP contribution in [0.1, 0.15) is 49.5 Å². The van der Waals surface area contributed by atoms with Crippen LogP contribution in [0.4, 0.5) is 0 Å². The van der Waals surface area contributed by atoms with Crippen LogP contribution in [0, 0.1) is 17.8 Å². The zero-order valence-electron chi connectivity index (χ0n) is 25.8. The molecule has 0 amide bonds. The zero-order chi connectivity index (χ0) is 32.1. The minimum Gasteiger partial charge on any atom is -0.507 e. The van der Waals surface area contributed by atoms with E-state index in [1.54, 1.807) is 13.0 Å². The summed E-state index contributed by atoms with van der Waals surface area (Å²) >= 11 is 0. The molecule has 2 aromatic rings. The van der Waals surface area contributed by atoms with Gasteiger partial charge in [0.25, 0.3) is 0 Å². The highest BCUT2D eigenvalue weighted by atomic mass is 16.7. The highest BCUT2D eigenvalue weighted by molar-refractivity contribution is 6.05. The standard InChI is InChI=1S/C35H38O10/c1-20-12-29-33(40,30(20)38)16-24(17-42-32(39)26-11-10-25(41-4)14-28(26)37)13-27-31-34(22(3)36,45-19-43-31)15-21(2)35(27,29)44-18-23-8-6-5-7-9-23/h5-14,21,27,29,31,37,40H,15-19H2,1-4H3/t21-,27-,29-,31-,33-,34-,35-/m1/s1. The van der Waals surface area contributed by atoms with Gasteiger partial charge < -0.3 is 33.9 Å². The number of phenols is 1. The Balaban J connectivity index is 1.44. The van der Waals surface area contributed by atoms with E-state index in [1.165, 1.54) is 32.2 Å². The third kappa shape index (κ3) is 4.91. The number of hydrogen-bond acceptors (Lipinski definition) is 10.